The zero-order valence-electron chi connectivity index (χ0n) is 8.78. The Hall–Kier alpha value is -0.100. The van der Waals surface area contributed by atoms with Gasteiger partial charge in [-0.05, 0) is 12.8 Å². The summed E-state index contributed by atoms with van der Waals surface area (Å²) in [6, 6.07) is 0. The van der Waals surface area contributed by atoms with E-state index in [1.165, 1.54) is 0 Å². The fraction of sp³-hybridized carbons (Fsp3) is 0.889. The van der Waals surface area contributed by atoms with Crippen molar-refractivity contribution in [2.24, 2.45) is 5.92 Å². The predicted molar refractivity (Wildman–Crippen MR) is 62.8 cm³/mol. The zero-order valence-corrected chi connectivity index (χ0v) is 11.2. The van der Waals surface area contributed by atoms with E-state index in [9.17, 15) is 13.2 Å². The topological polar surface area (TPSA) is 54.5 Å². The van der Waals surface area contributed by atoms with Crippen molar-refractivity contribution in [3.8, 4) is 0 Å². The lowest BCUT2D eigenvalue weighted by molar-refractivity contribution is -0.133. The summed E-state index contributed by atoms with van der Waals surface area (Å²) in [5.41, 5.74) is 0. The highest BCUT2D eigenvalue weighted by Gasteiger charge is 2.34. The third-order valence-electron chi connectivity index (χ3n) is 2.59. The second-order valence-corrected chi connectivity index (χ2v) is 6.92. The highest BCUT2D eigenvalue weighted by Crippen LogP contribution is 2.20. The van der Waals surface area contributed by atoms with Crippen molar-refractivity contribution in [3.05, 3.63) is 0 Å². The normalized spacial score (nSPS) is 24.0. The maximum atomic E-state index is 11.8. The zero-order chi connectivity index (χ0) is 11.5. The van der Waals surface area contributed by atoms with Gasteiger partial charge in [0.1, 0.15) is 0 Å². The van der Waals surface area contributed by atoms with Crippen LogP contribution in [0.5, 0.6) is 0 Å². The van der Waals surface area contributed by atoms with Gasteiger partial charge in [-0.3, -0.25) is 4.79 Å². The summed E-state index contributed by atoms with van der Waals surface area (Å²) in [5, 5.41) is 0.855. The van der Waals surface area contributed by atoms with Crippen LogP contribution in [0.15, 0.2) is 0 Å². The van der Waals surface area contributed by atoms with Gasteiger partial charge < -0.3 is 4.90 Å². The molecule has 1 heterocycles. The second kappa shape index (κ2) is 5.30. The van der Waals surface area contributed by atoms with E-state index in [-0.39, 0.29) is 23.3 Å². The Balaban J connectivity index is 2.48. The summed E-state index contributed by atoms with van der Waals surface area (Å²) in [7, 11) is -1.22. The van der Waals surface area contributed by atoms with Crippen LogP contribution in [-0.2, 0) is 14.6 Å². The Morgan fingerprint density at radius 1 is 1.53 bits per heavy atom. The largest absolute Gasteiger partial charge is 0.345 e. The smallest absolute Gasteiger partial charge is 0.226 e. The second-order valence-electron chi connectivity index (χ2n) is 3.90. The Morgan fingerprint density at radius 2 is 2.20 bits per heavy atom. The third-order valence-corrected chi connectivity index (χ3v) is 4.91. The summed E-state index contributed by atoms with van der Waals surface area (Å²) in [6.45, 7) is 0.681. The Morgan fingerprint density at radius 3 is 2.67 bits per heavy atom. The van der Waals surface area contributed by atoms with Crippen LogP contribution in [-0.4, -0.2) is 49.7 Å². The van der Waals surface area contributed by atoms with Gasteiger partial charge in [-0.2, -0.15) is 0 Å². The van der Waals surface area contributed by atoms with Crippen molar-refractivity contribution >= 4 is 31.7 Å². The van der Waals surface area contributed by atoms with Gasteiger partial charge in [0.25, 0.3) is 0 Å². The van der Waals surface area contributed by atoms with Crippen molar-refractivity contribution in [3.63, 3.8) is 0 Å². The summed E-state index contributed by atoms with van der Waals surface area (Å²) in [6.07, 6.45) is 1.38. The minimum absolute atomic E-state index is 0.0305. The molecule has 0 bridgehead atoms. The van der Waals surface area contributed by atoms with Crippen molar-refractivity contribution in [1.82, 2.24) is 4.90 Å². The lowest BCUT2D eigenvalue weighted by Gasteiger charge is -2.19. The molecule has 15 heavy (non-hydrogen) atoms. The molecule has 1 aliphatic heterocycles. The molecule has 1 fully saturated rings. The molecule has 1 aliphatic rings. The molecule has 1 atom stereocenters. The molecule has 0 aromatic carbocycles. The number of carbonyl (C=O) groups is 1. The summed E-state index contributed by atoms with van der Waals surface area (Å²) < 4.78 is 22.4. The van der Waals surface area contributed by atoms with Gasteiger partial charge in [0.2, 0.25) is 5.91 Å². The molecule has 0 radical (unpaired) electrons. The molecule has 88 valence electrons. The molecular formula is C9H16BrNO3S. The standard InChI is InChI=1S/C9H16BrNO3S/c1-11(5-2-4-10)9(12)8-3-6-15(13,14)7-8/h8H,2-7H2,1H3. The van der Waals surface area contributed by atoms with Crippen LogP contribution in [0, 0.1) is 5.92 Å². The van der Waals surface area contributed by atoms with Crippen molar-refractivity contribution in [2.75, 3.05) is 30.4 Å². The molecule has 1 amide bonds. The molecule has 6 heteroatoms. The number of hydrogen-bond donors (Lipinski definition) is 0. The van der Waals surface area contributed by atoms with Crippen LogP contribution in [0.3, 0.4) is 0 Å². The molecule has 0 N–H and O–H groups in total. The molecule has 4 nitrogen and oxygen atoms in total. The number of nitrogens with zero attached hydrogens (tertiary/aromatic N) is 1. The first-order valence-electron chi connectivity index (χ1n) is 4.97. The molecule has 1 rings (SSSR count). The third kappa shape index (κ3) is 3.75. The SMILES string of the molecule is CN(CCCBr)C(=O)C1CCS(=O)(=O)C1. The predicted octanol–water partition coefficient (Wildman–Crippen LogP) is 0.664. The van der Waals surface area contributed by atoms with Gasteiger partial charge in [0.05, 0.1) is 17.4 Å². The Kier molecular flexibility index (Phi) is 4.58. The van der Waals surface area contributed by atoms with Crippen molar-refractivity contribution in [2.45, 2.75) is 12.8 Å². The Bertz CT molecular complexity index is 328. The van der Waals surface area contributed by atoms with Gasteiger partial charge in [0, 0.05) is 18.9 Å². The average Bonchev–Trinajstić information content (AvgIpc) is 2.54. The van der Waals surface area contributed by atoms with Gasteiger partial charge in [0.15, 0.2) is 9.84 Å². The maximum absolute atomic E-state index is 11.8. The highest BCUT2D eigenvalue weighted by molar-refractivity contribution is 9.09. The molecule has 0 aromatic rings. The minimum Gasteiger partial charge on any atom is -0.345 e. The maximum Gasteiger partial charge on any atom is 0.226 e. The first-order chi connectivity index (χ1) is 6.96. The van der Waals surface area contributed by atoms with E-state index in [1.807, 2.05) is 0 Å². The average molecular weight is 298 g/mol. The first kappa shape index (κ1) is 13.0. The lowest BCUT2D eigenvalue weighted by Crippen LogP contribution is -2.34. The monoisotopic (exact) mass is 297 g/mol. The molecular weight excluding hydrogens is 282 g/mol. The van der Waals surface area contributed by atoms with Gasteiger partial charge in [-0.1, -0.05) is 15.9 Å². The minimum atomic E-state index is -2.95. The fourth-order valence-electron chi connectivity index (χ4n) is 1.71. The van der Waals surface area contributed by atoms with E-state index in [4.69, 9.17) is 0 Å². The summed E-state index contributed by atoms with van der Waals surface area (Å²) in [5.74, 6) is -0.146. The molecule has 0 aliphatic carbocycles. The van der Waals surface area contributed by atoms with Gasteiger partial charge in [-0.15, -0.1) is 0 Å². The number of carbonyl (C=O) groups excluding carboxylic acids is 1. The molecule has 1 saturated heterocycles. The first-order valence-corrected chi connectivity index (χ1v) is 7.92. The summed E-state index contributed by atoms with van der Waals surface area (Å²) in [4.78, 5) is 13.4. The highest BCUT2D eigenvalue weighted by atomic mass is 79.9. The van der Waals surface area contributed by atoms with Crippen LogP contribution >= 0.6 is 15.9 Å². The van der Waals surface area contributed by atoms with E-state index >= 15 is 0 Å². The van der Waals surface area contributed by atoms with Crippen LogP contribution in [0.4, 0.5) is 0 Å². The number of halogens is 1. The number of rotatable bonds is 4. The molecule has 0 aromatic heterocycles. The molecule has 0 spiro atoms. The van der Waals surface area contributed by atoms with Crippen LogP contribution in [0.1, 0.15) is 12.8 Å². The number of alkyl halides is 1. The Labute approximate surface area is 99.1 Å². The van der Waals surface area contributed by atoms with E-state index in [2.05, 4.69) is 15.9 Å². The molecule has 0 saturated carbocycles. The summed E-state index contributed by atoms with van der Waals surface area (Å²) >= 11 is 3.29. The molecule has 1 unspecified atom stereocenters. The van der Waals surface area contributed by atoms with Crippen molar-refractivity contribution < 1.29 is 13.2 Å². The van der Waals surface area contributed by atoms with Crippen LogP contribution in [0.2, 0.25) is 0 Å². The number of hydrogen-bond acceptors (Lipinski definition) is 3. The van der Waals surface area contributed by atoms with Gasteiger partial charge in [-0.25, -0.2) is 8.42 Å². The number of amides is 1. The lowest BCUT2D eigenvalue weighted by atomic mass is 10.1. The van der Waals surface area contributed by atoms with E-state index < -0.39 is 9.84 Å². The quantitative estimate of drug-likeness (QED) is 0.717. The van der Waals surface area contributed by atoms with E-state index in [0.717, 1.165) is 11.8 Å². The fourth-order valence-corrected chi connectivity index (χ4v) is 3.69. The van der Waals surface area contributed by atoms with Crippen molar-refractivity contribution in [1.29, 1.82) is 0 Å². The van der Waals surface area contributed by atoms with Crippen LogP contribution < -0.4 is 0 Å². The van der Waals surface area contributed by atoms with E-state index in [0.29, 0.717) is 13.0 Å². The van der Waals surface area contributed by atoms with Crippen LogP contribution in [0.25, 0.3) is 0 Å². The van der Waals surface area contributed by atoms with E-state index in [1.54, 1.807) is 11.9 Å². The number of sulfone groups is 1. The van der Waals surface area contributed by atoms with Gasteiger partial charge >= 0.3 is 0 Å².